The molecule has 0 N–H and O–H groups in total. The van der Waals surface area contributed by atoms with Crippen molar-refractivity contribution in [1.82, 2.24) is 0 Å². The van der Waals surface area contributed by atoms with Crippen molar-refractivity contribution in [2.24, 2.45) is 0 Å². The third-order valence-electron chi connectivity index (χ3n) is 1.89. The van der Waals surface area contributed by atoms with Gasteiger partial charge in [0.15, 0.2) is 11.6 Å². The van der Waals surface area contributed by atoms with Crippen molar-refractivity contribution in [2.75, 3.05) is 4.90 Å². The van der Waals surface area contributed by atoms with Crippen molar-refractivity contribution in [3.05, 3.63) is 29.8 Å². The normalized spacial score (nSPS) is 10.5. The average molecular weight is 214 g/mol. The van der Waals surface area contributed by atoms with Crippen LogP contribution in [-0.2, 0) is 0 Å². The molecule has 0 unspecified atom stereocenters. The smallest absolute Gasteiger partial charge is 0.160 e. The van der Waals surface area contributed by atoms with Gasteiger partial charge in [-0.15, -0.1) is 0 Å². The monoisotopic (exact) mass is 214 g/mol. The van der Waals surface area contributed by atoms with Crippen molar-refractivity contribution in [3.8, 4) is 0 Å². The van der Waals surface area contributed by atoms with E-state index in [1.54, 1.807) is 13.8 Å². The summed E-state index contributed by atoms with van der Waals surface area (Å²) in [5.41, 5.74) is 0.0592. The van der Waals surface area contributed by atoms with Gasteiger partial charge in [-0.3, -0.25) is 0 Å². The van der Waals surface area contributed by atoms with Crippen molar-refractivity contribution in [2.45, 2.75) is 19.9 Å². The van der Waals surface area contributed by atoms with Crippen LogP contribution in [0.3, 0.4) is 0 Å². The van der Waals surface area contributed by atoms with Crippen LogP contribution in [-0.4, -0.2) is 12.1 Å². The summed E-state index contributed by atoms with van der Waals surface area (Å²) < 4.78 is 25.5. The first-order chi connectivity index (χ1) is 6.93. The summed E-state index contributed by atoms with van der Waals surface area (Å²) in [6.07, 6.45) is -1.45. The number of carbonyl (C=O) groups is 1. The van der Waals surface area contributed by atoms with E-state index in [-0.39, 0.29) is 5.69 Å². The van der Waals surface area contributed by atoms with Gasteiger partial charge in [0.05, 0.1) is 0 Å². The highest BCUT2D eigenvalue weighted by Gasteiger charge is 2.13. The first-order valence-corrected chi connectivity index (χ1v) is 4.38. The molecule has 0 bridgehead atoms. The van der Waals surface area contributed by atoms with E-state index in [4.69, 9.17) is 0 Å². The molecule has 82 valence electrons. The van der Waals surface area contributed by atoms with Gasteiger partial charge in [-0.2, -0.15) is 0 Å². The van der Waals surface area contributed by atoms with Gasteiger partial charge in [0.25, 0.3) is 0 Å². The number of halogens is 2. The van der Waals surface area contributed by atoms with Crippen LogP contribution in [0, 0.1) is 11.6 Å². The highest BCUT2D eigenvalue weighted by Crippen LogP contribution is 2.19. The lowest BCUT2D eigenvalue weighted by Gasteiger charge is -2.29. The molecule has 1 aromatic rings. The van der Waals surface area contributed by atoms with E-state index in [2.05, 4.69) is 0 Å². The van der Waals surface area contributed by atoms with Crippen LogP contribution in [0.1, 0.15) is 13.8 Å². The molecule has 0 radical (unpaired) electrons. The summed E-state index contributed by atoms with van der Waals surface area (Å²) in [5, 5.41) is 10.7. The molecular weight excluding hydrogens is 204 g/mol. The Morgan fingerprint density at radius 3 is 2.33 bits per heavy atom. The maximum absolute atomic E-state index is 12.9. The van der Waals surface area contributed by atoms with E-state index in [0.29, 0.717) is 0 Å². The molecule has 0 fully saturated rings. The second-order valence-corrected chi connectivity index (χ2v) is 3.33. The Hall–Kier alpha value is -1.65. The molecule has 15 heavy (non-hydrogen) atoms. The average Bonchev–Trinajstić information content (AvgIpc) is 2.10. The molecule has 0 aliphatic carbocycles. The van der Waals surface area contributed by atoms with Crippen LogP contribution in [0.2, 0.25) is 0 Å². The number of carbonyl (C=O) groups excluding carboxylic acids is 1. The quantitative estimate of drug-likeness (QED) is 0.749. The predicted molar refractivity (Wildman–Crippen MR) is 49.4 cm³/mol. The van der Waals surface area contributed by atoms with Gasteiger partial charge in [0.1, 0.15) is 6.09 Å². The Balaban J connectivity index is 3.12. The first kappa shape index (κ1) is 11.4. The Morgan fingerprint density at radius 2 is 1.93 bits per heavy atom. The third-order valence-corrected chi connectivity index (χ3v) is 1.89. The number of rotatable bonds is 2. The number of anilines is 1. The molecular formula is C10H10F2NO2-. The number of benzene rings is 1. The van der Waals surface area contributed by atoms with E-state index in [9.17, 15) is 18.7 Å². The standard InChI is InChI=1S/C10H11F2NO2/c1-6(2)13(10(14)15)7-3-4-8(11)9(12)5-7/h3-6H,1-2H3,(H,14,15)/p-1. The van der Waals surface area contributed by atoms with Crippen molar-refractivity contribution in [1.29, 1.82) is 0 Å². The van der Waals surface area contributed by atoms with Crippen LogP contribution in [0.15, 0.2) is 18.2 Å². The van der Waals surface area contributed by atoms with Gasteiger partial charge in [-0.25, -0.2) is 8.78 Å². The minimum absolute atomic E-state index is 0.0592. The molecule has 1 amide bonds. The zero-order chi connectivity index (χ0) is 11.6. The van der Waals surface area contributed by atoms with Gasteiger partial charge in [-0.05, 0) is 26.0 Å². The minimum Gasteiger partial charge on any atom is -0.530 e. The Kier molecular flexibility index (Phi) is 3.24. The molecule has 0 saturated carbocycles. The van der Waals surface area contributed by atoms with Crippen LogP contribution < -0.4 is 10.0 Å². The van der Waals surface area contributed by atoms with Crippen molar-refractivity contribution < 1.29 is 18.7 Å². The molecule has 0 atom stereocenters. The highest BCUT2D eigenvalue weighted by atomic mass is 19.2. The zero-order valence-electron chi connectivity index (χ0n) is 8.33. The molecule has 0 aliphatic heterocycles. The predicted octanol–water partition coefficient (Wildman–Crippen LogP) is 1.52. The van der Waals surface area contributed by atoms with Crippen molar-refractivity contribution in [3.63, 3.8) is 0 Å². The van der Waals surface area contributed by atoms with E-state index in [1.807, 2.05) is 0 Å². The van der Waals surface area contributed by atoms with Gasteiger partial charge in [0, 0.05) is 17.8 Å². The maximum atomic E-state index is 12.9. The van der Waals surface area contributed by atoms with E-state index in [1.165, 1.54) is 6.07 Å². The second-order valence-electron chi connectivity index (χ2n) is 3.33. The molecule has 3 nitrogen and oxygen atoms in total. The van der Waals surface area contributed by atoms with E-state index < -0.39 is 23.8 Å². The first-order valence-electron chi connectivity index (χ1n) is 4.38. The Morgan fingerprint density at radius 1 is 1.33 bits per heavy atom. The largest absolute Gasteiger partial charge is 0.530 e. The summed E-state index contributed by atoms with van der Waals surface area (Å²) >= 11 is 0. The zero-order valence-corrected chi connectivity index (χ0v) is 8.33. The van der Waals surface area contributed by atoms with E-state index >= 15 is 0 Å². The summed E-state index contributed by atoms with van der Waals surface area (Å²) in [5.74, 6) is -2.10. The van der Waals surface area contributed by atoms with Gasteiger partial charge < -0.3 is 14.8 Å². The Labute approximate surface area is 85.9 Å². The third kappa shape index (κ3) is 2.43. The number of hydrogen-bond donors (Lipinski definition) is 0. The lowest BCUT2D eigenvalue weighted by molar-refractivity contribution is -0.247. The molecule has 1 aromatic carbocycles. The number of carboxylic acid groups (broad SMARTS) is 1. The minimum atomic E-state index is -1.45. The van der Waals surface area contributed by atoms with Crippen LogP contribution in [0.5, 0.6) is 0 Å². The van der Waals surface area contributed by atoms with Crippen LogP contribution in [0.4, 0.5) is 19.3 Å². The molecule has 0 saturated heterocycles. The summed E-state index contributed by atoms with van der Waals surface area (Å²) in [6, 6.07) is 2.49. The van der Waals surface area contributed by atoms with Crippen molar-refractivity contribution >= 4 is 11.8 Å². The van der Waals surface area contributed by atoms with Gasteiger partial charge in [0.2, 0.25) is 0 Å². The Bertz CT molecular complexity index is 380. The van der Waals surface area contributed by atoms with Gasteiger partial charge >= 0.3 is 0 Å². The molecule has 0 aromatic heterocycles. The fourth-order valence-electron chi connectivity index (χ4n) is 1.25. The SMILES string of the molecule is CC(C)N(C(=O)[O-])c1ccc(F)c(F)c1. The molecule has 1 rings (SSSR count). The topological polar surface area (TPSA) is 43.4 Å². The fraction of sp³-hybridized carbons (Fsp3) is 0.300. The molecule has 0 aliphatic rings. The lowest BCUT2D eigenvalue weighted by atomic mass is 10.2. The highest BCUT2D eigenvalue weighted by molar-refractivity contribution is 5.84. The summed E-state index contributed by atoms with van der Waals surface area (Å²) in [7, 11) is 0. The second kappa shape index (κ2) is 4.25. The fourth-order valence-corrected chi connectivity index (χ4v) is 1.25. The molecule has 0 spiro atoms. The number of hydrogen-bond acceptors (Lipinski definition) is 2. The van der Waals surface area contributed by atoms with E-state index in [0.717, 1.165) is 17.0 Å². The van der Waals surface area contributed by atoms with Crippen LogP contribution >= 0.6 is 0 Å². The van der Waals surface area contributed by atoms with Gasteiger partial charge in [-0.1, -0.05) is 0 Å². The molecule has 0 heterocycles. The maximum Gasteiger partial charge on any atom is 0.160 e. The number of nitrogens with zero attached hydrogens (tertiary/aromatic N) is 1. The summed E-state index contributed by atoms with van der Waals surface area (Å²) in [4.78, 5) is 11.6. The molecule has 5 heteroatoms. The summed E-state index contributed by atoms with van der Waals surface area (Å²) in [6.45, 7) is 3.22. The lowest BCUT2D eigenvalue weighted by Crippen LogP contribution is -2.45. The number of amides is 1. The van der Waals surface area contributed by atoms with Crippen LogP contribution in [0.25, 0.3) is 0 Å².